The number of hydrogen-bond acceptors (Lipinski definition) is 5. The molecule has 1 aliphatic heterocycles. The molecule has 0 saturated carbocycles. The summed E-state index contributed by atoms with van der Waals surface area (Å²) in [4.78, 5) is 4.28. The lowest BCUT2D eigenvalue weighted by Crippen LogP contribution is -2.32. The van der Waals surface area contributed by atoms with Crippen molar-refractivity contribution >= 4 is 0 Å². The molecule has 2 aromatic heterocycles. The van der Waals surface area contributed by atoms with Gasteiger partial charge in [-0.15, -0.1) is 10.2 Å². The van der Waals surface area contributed by atoms with Crippen molar-refractivity contribution in [2.24, 2.45) is 0 Å². The van der Waals surface area contributed by atoms with E-state index in [0.717, 1.165) is 30.4 Å². The molecule has 0 bridgehead atoms. The number of rotatable bonds is 1. The number of hydrogen-bond donors (Lipinski definition) is 1. The molecule has 3 rings (SSSR count). The van der Waals surface area contributed by atoms with Crippen molar-refractivity contribution in [2.45, 2.75) is 26.4 Å². The Bertz CT molecular complexity index is 515. The predicted octanol–water partition coefficient (Wildman–Crippen LogP) is 0.906. The molecule has 1 atom stereocenters. The summed E-state index contributed by atoms with van der Waals surface area (Å²) in [7, 11) is 0. The van der Waals surface area contributed by atoms with Gasteiger partial charge in [0.2, 0.25) is 5.82 Å². The van der Waals surface area contributed by atoms with Crippen LogP contribution in [0.3, 0.4) is 0 Å². The SMILES string of the molecule is Cc1coc(-c2nnc3n2CCN[C@H]3C)n1. The highest BCUT2D eigenvalue weighted by molar-refractivity contribution is 5.41. The zero-order valence-corrected chi connectivity index (χ0v) is 9.27. The number of oxazole rings is 1. The van der Waals surface area contributed by atoms with Gasteiger partial charge in [-0.2, -0.15) is 0 Å². The number of aromatic nitrogens is 4. The quantitative estimate of drug-likeness (QED) is 0.772. The molecule has 3 heterocycles. The van der Waals surface area contributed by atoms with E-state index >= 15 is 0 Å². The Morgan fingerprint density at radius 3 is 3.12 bits per heavy atom. The van der Waals surface area contributed by atoms with Crippen molar-refractivity contribution in [3.05, 3.63) is 17.8 Å². The summed E-state index contributed by atoms with van der Waals surface area (Å²) in [6.07, 6.45) is 1.63. The van der Waals surface area contributed by atoms with Gasteiger partial charge in [-0.1, -0.05) is 0 Å². The van der Waals surface area contributed by atoms with Gasteiger partial charge in [-0.05, 0) is 13.8 Å². The van der Waals surface area contributed by atoms with E-state index in [2.05, 4.69) is 32.0 Å². The molecular weight excluding hydrogens is 206 g/mol. The summed E-state index contributed by atoms with van der Waals surface area (Å²) < 4.78 is 7.42. The summed E-state index contributed by atoms with van der Waals surface area (Å²) in [5.74, 6) is 2.21. The van der Waals surface area contributed by atoms with Crippen LogP contribution in [0.4, 0.5) is 0 Å². The molecule has 0 saturated heterocycles. The molecule has 0 fully saturated rings. The fourth-order valence-electron chi connectivity index (χ4n) is 1.95. The lowest BCUT2D eigenvalue weighted by Gasteiger charge is -2.21. The molecule has 1 aliphatic rings. The van der Waals surface area contributed by atoms with Crippen molar-refractivity contribution in [3.63, 3.8) is 0 Å². The smallest absolute Gasteiger partial charge is 0.265 e. The van der Waals surface area contributed by atoms with E-state index in [1.165, 1.54) is 0 Å². The van der Waals surface area contributed by atoms with Crippen LogP contribution in [0.2, 0.25) is 0 Å². The van der Waals surface area contributed by atoms with Crippen LogP contribution in [0, 0.1) is 6.92 Å². The van der Waals surface area contributed by atoms with Crippen molar-refractivity contribution in [1.82, 2.24) is 25.1 Å². The lowest BCUT2D eigenvalue weighted by molar-refractivity contribution is 0.435. The third-order valence-electron chi connectivity index (χ3n) is 2.76. The van der Waals surface area contributed by atoms with Gasteiger partial charge in [0.15, 0.2) is 0 Å². The molecular formula is C10H13N5O. The monoisotopic (exact) mass is 219 g/mol. The highest BCUT2D eigenvalue weighted by atomic mass is 16.3. The zero-order chi connectivity index (χ0) is 11.1. The van der Waals surface area contributed by atoms with E-state index < -0.39 is 0 Å². The number of aryl methyl sites for hydroxylation is 1. The topological polar surface area (TPSA) is 68.8 Å². The van der Waals surface area contributed by atoms with Crippen LogP contribution in [-0.2, 0) is 6.54 Å². The largest absolute Gasteiger partial charge is 0.442 e. The van der Waals surface area contributed by atoms with Crippen molar-refractivity contribution in [3.8, 4) is 11.7 Å². The Kier molecular flexibility index (Phi) is 2.03. The van der Waals surface area contributed by atoms with Crippen molar-refractivity contribution < 1.29 is 4.42 Å². The fraction of sp³-hybridized carbons (Fsp3) is 0.500. The first-order valence-electron chi connectivity index (χ1n) is 5.34. The minimum absolute atomic E-state index is 0.228. The highest BCUT2D eigenvalue weighted by Crippen LogP contribution is 2.22. The number of nitrogens with one attached hydrogen (secondary N) is 1. The van der Waals surface area contributed by atoms with E-state index in [9.17, 15) is 0 Å². The second kappa shape index (κ2) is 3.41. The molecule has 0 spiro atoms. The van der Waals surface area contributed by atoms with Gasteiger partial charge < -0.3 is 14.3 Å². The minimum Gasteiger partial charge on any atom is -0.442 e. The van der Waals surface area contributed by atoms with E-state index in [1.54, 1.807) is 6.26 Å². The Morgan fingerprint density at radius 1 is 1.50 bits per heavy atom. The second-order valence-electron chi connectivity index (χ2n) is 4.00. The summed E-state index contributed by atoms with van der Waals surface area (Å²) in [6.45, 7) is 5.73. The average molecular weight is 219 g/mol. The first kappa shape index (κ1) is 9.53. The second-order valence-corrected chi connectivity index (χ2v) is 4.00. The third-order valence-corrected chi connectivity index (χ3v) is 2.76. The molecule has 0 amide bonds. The van der Waals surface area contributed by atoms with Crippen LogP contribution in [0.1, 0.15) is 24.5 Å². The molecule has 1 N–H and O–H groups in total. The molecule has 2 aromatic rings. The summed E-state index contributed by atoms with van der Waals surface area (Å²) >= 11 is 0. The first-order chi connectivity index (χ1) is 7.75. The van der Waals surface area contributed by atoms with Gasteiger partial charge in [0.05, 0.1) is 11.7 Å². The molecule has 16 heavy (non-hydrogen) atoms. The molecule has 84 valence electrons. The van der Waals surface area contributed by atoms with Crippen LogP contribution in [0.15, 0.2) is 10.7 Å². The van der Waals surface area contributed by atoms with E-state index in [1.807, 2.05) is 6.92 Å². The molecule has 6 heteroatoms. The number of nitrogens with zero attached hydrogens (tertiary/aromatic N) is 4. The highest BCUT2D eigenvalue weighted by Gasteiger charge is 2.23. The van der Waals surface area contributed by atoms with Gasteiger partial charge in [-0.3, -0.25) is 0 Å². The number of fused-ring (bicyclic) bond motifs is 1. The van der Waals surface area contributed by atoms with Crippen LogP contribution >= 0.6 is 0 Å². The van der Waals surface area contributed by atoms with Gasteiger partial charge in [0.25, 0.3) is 5.89 Å². The van der Waals surface area contributed by atoms with Gasteiger partial charge in [0.1, 0.15) is 12.1 Å². The van der Waals surface area contributed by atoms with E-state index in [0.29, 0.717) is 5.89 Å². The summed E-state index contributed by atoms with van der Waals surface area (Å²) in [5.41, 5.74) is 0.856. The Morgan fingerprint density at radius 2 is 2.38 bits per heavy atom. The molecule has 0 aliphatic carbocycles. The molecule has 0 radical (unpaired) electrons. The van der Waals surface area contributed by atoms with E-state index in [4.69, 9.17) is 4.42 Å². The predicted molar refractivity (Wildman–Crippen MR) is 56.7 cm³/mol. The first-order valence-corrected chi connectivity index (χ1v) is 5.34. The Labute approximate surface area is 92.7 Å². The van der Waals surface area contributed by atoms with Crippen molar-refractivity contribution in [2.75, 3.05) is 6.54 Å². The standard InChI is InChI=1S/C10H13N5O/c1-6-5-16-10(12-6)9-14-13-8-7(2)11-3-4-15(8)9/h5,7,11H,3-4H2,1-2H3/t7-/m0/s1. The van der Waals surface area contributed by atoms with Gasteiger partial charge >= 0.3 is 0 Å². The maximum Gasteiger partial charge on any atom is 0.265 e. The zero-order valence-electron chi connectivity index (χ0n) is 9.27. The van der Waals surface area contributed by atoms with Crippen LogP contribution in [0.25, 0.3) is 11.7 Å². The average Bonchev–Trinajstić information content (AvgIpc) is 2.84. The third kappa shape index (κ3) is 1.34. The van der Waals surface area contributed by atoms with Crippen LogP contribution < -0.4 is 5.32 Å². The van der Waals surface area contributed by atoms with Crippen LogP contribution in [0.5, 0.6) is 0 Å². The summed E-state index contributed by atoms with van der Waals surface area (Å²) in [5, 5.41) is 11.7. The maximum absolute atomic E-state index is 5.36. The molecule has 6 nitrogen and oxygen atoms in total. The van der Waals surface area contributed by atoms with Crippen LogP contribution in [-0.4, -0.2) is 26.3 Å². The van der Waals surface area contributed by atoms with Crippen molar-refractivity contribution in [1.29, 1.82) is 0 Å². The summed E-state index contributed by atoms with van der Waals surface area (Å²) in [6, 6.07) is 0.228. The fourth-order valence-corrected chi connectivity index (χ4v) is 1.95. The van der Waals surface area contributed by atoms with Gasteiger partial charge in [-0.25, -0.2) is 4.98 Å². The lowest BCUT2D eigenvalue weighted by atomic mass is 10.2. The Balaban J connectivity index is 2.09. The molecule has 0 unspecified atom stereocenters. The molecule has 0 aromatic carbocycles. The van der Waals surface area contributed by atoms with E-state index in [-0.39, 0.29) is 6.04 Å². The van der Waals surface area contributed by atoms with Gasteiger partial charge in [0, 0.05) is 13.1 Å². The minimum atomic E-state index is 0.228. The normalized spacial score (nSPS) is 19.8. The Hall–Kier alpha value is -1.69. The maximum atomic E-state index is 5.36.